The van der Waals surface area contributed by atoms with Gasteiger partial charge >= 0.3 is 6.03 Å². The average molecular weight is 632 g/mol. The number of piperazine rings is 2. The Morgan fingerprint density at radius 3 is 2.09 bits per heavy atom. The van der Waals surface area contributed by atoms with Crippen molar-refractivity contribution in [3.63, 3.8) is 0 Å². The van der Waals surface area contributed by atoms with Crippen LogP contribution in [0.25, 0.3) is 0 Å². The Labute approximate surface area is 270 Å². The number of aromatic nitrogens is 2. The molecule has 0 spiro atoms. The number of Topliss-reactive ketones (excluding diaryl/α,β-unsaturated/α-hetero) is 1. The van der Waals surface area contributed by atoms with E-state index in [1.807, 2.05) is 0 Å². The van der Waals surface area contributed by atoms with Gasteiger partial charge in [-0.25, -0.2) is 9.78 Å². The predicted molar refractivity (Wildman–Crippen MR) is 180 cm³/mol. The highest BCUT2D eigenvalue weighted by Gasteiger charge is 2.27. The van der Waals surface area contributed by atoms with Crippen molar-refractivity contribution in [2.45, 2.75) is 25.8 Å². The van der Waals surface area contributed by atoms with Crippen molar-refractivity contribution in [2.24, 2.45) is 0 Å². The number of halogens is 1. The zero-order valence-electron chi connectivity index (χ0n) is 26.1. The number of anilines is 5. The molecule has 0 atom stereocenters. The van der Waals surface area contributed by atoms with Crippen molar-refractivity contribution in [1.82, 2.24) is 24.7 Å². The first-order chi connectivity index (χ1) is 21.8. The average Bonchev–Trinajstić information content (AvgIpc) is 3.07. The summed E-state index contributed by atoms with van der Waals surface area (Å²) < 4.78 is 0. The Morgan fingerprint density at radius 2 is 1.44 bits per heavy atom. The van der Waals surface area contributed by atoms with Gasteiger partial charge in [-0.1, -0.05) is 11.6 Å². The molecular weight excluding hydrogens is 590 g/mol. The number of piperidine rings is 1. The Balaban J connectivity index is 0.996. The number of likely N-dealkylation sites (N-methyl/N-ethyl adjacent to an activating group) is 1. The van der Waals surface area contributed by atoms with Crippen LogP contribution in [0.1, 0.15) is 30.1 Å². The molecule has 45 heavy (non-hydrogen) atoms. The van der Waals surface area contributed by atoms with Crippen LogP contribution in [0, 0.1) is 0 Å². The summed E-state index contributed by atoms with van der Waals surface area (Å²) in [5.41, 5.74) is 3.42. The van der Waals surface area contributed by atoms with Crippen LogP contribution in [-0.4, -0.2) is 115 Å². The minimum atomic E-state index is -0.177. The minimum absolute atomic E-state index is 0.00799. The van der Waals surface area contributed by atoms with E-state index in [1.165, 1.54) is 51.6 Å². The molecule has 0 radical (unpaired) electrons. The first kappa shape index (κ1) is 31.1. The lowest BCUT2D eigenvalue weighted by Gasteiger charge is -2.42. The number of carbonyl (C=O) groups is 2. The van der Waals surface area contributed by atoms with Gasteiger partial charge < -0.3 is 30.2 Å². The molecule has 3 aliphatic rings. The van der Waals surface area contributed by atoms with E-state index in [-0.39, 0.29) is 11.8 Å². The molecule has 2 N–H and O–H groups in total. The van der Waals surface area contributed by atoms with Crippen LogP contribution in [0.4, 0.5) is 33.6 Å². The summed E-state index contributed by atoms with van der Waals surface area (Å²) in [5, 5.41) is 6.71. The van der Waals surface area contributed by atoms with E-state index in [2.05, 4.69) is 66.5 Å². The second kappa shape index (κ2) is 14.0. The highest BCUT2D eigenvalue weighted by molar-refractivity contribution is 6.32. The number of ketones is 1. The zero-order chi connectivity index (χ0) is 31.3. The van der Waals surface area contributed by atoms with Crippen LogP contribution in [-0.2, 0) is 0 Å². The van der Waals surface area contributed by atoms with Crippen LogP contribution in [0.2, 0.25) is 5.02 Å². The van der Waals surface area contributed by atoms with Crippen LogP contribution in [0.3, 0.4) is 0 Å². The lowest BCUT2D eigenvalue weighted by Crippen LogP contribution is -2.52. The number of rotatable bonds is 7. The maximum Gasteiger partial charge on any atom is 0.321 e. The summed E-state index contributed by atoms with van der Waals surface area (Å²) in [5.74, 6) is 1.12. The van der Waals surface area contributed by atoms with Gasteiger partial charge in [0.15, 0.2) is 11.6 Å². The summed E-state index contributed by atoms with van der Waals surface area (Å²) in [7, 11) is 2.21. The lowest BCUT2D eigenvalue weighted by atomic mass is 10.0. The number of benzene rings is 2. The molecule has 0 bridgehead atoms. The molecule has 238 valence electrons. The summed E-state index contributed by atoms with van der Waals surface area (Å²) in [6.45, 7) is 10.6. The first-order valence-corrected chi connectivity index (χ1v) is 16.2. The molecule has 3 saturated heterocycles. The second-order valence-electron chi connectivity index (χ2n) is 12.1. The van der Waals surface area contributed by atoms with Gasteiger partial charge in [0.05, 0.1) is 6.20 Å². The molecule has 3 aromatic rings. The molecule has 4 heterocycles. The first-order valence-electron chi connectivity index (χ1n) is 15.8. The molecule has 0 aliphatic carbocycles. The topological polar surface area (TPSA) is 100 Å². The molecule has 12 heteroatoms. The molecule has 11 nitrogen and oxygen atoms in total. The number of amides is 2. The summed E-state index contributed by atoms with van der Waals surface area (Å²) in [4.78, 5) is 44.9. The smallest absolute Gasteiger partial charge is 0.321 e. The Bertz CT molecular complexity index is 1460. The van der Waals surface area contributed by atoms with Crippen LogP contribution in [0.15, 0.2) is 54.7 Å². The second-order valence-corrected chi connectivity index (χ2v) is 12.5. The van der Waals surface area contributed by atoms with Crippen molar-refractivity contribution >= 4 is 52.2 Å². The molecule has 6 rings (SSSR count). The van der Waals surface area contributed by atoms with Gasteiger partial charge in [0.1, 0.15) is 5.02 Å². The Kier molecular flexibility index (Phi) is 9.67. The van der Waals surface area contributed by atoms with Gasteiger partial charge in [0, 0.05) is 94.1 Å². The van der Waals surface area contributed by atoms with E-state index in [0.29, 0.717) is 60.3 Å². The van der Waals surface area contributed by atoms with Crippen LogP contribution >= 0.6 is 11.6 Å². The largest absolute Gasteiger partial charge is 0.371 e. The van der Waals surface area contributed by atoms with Gasteiger partial charge in [-0.15, -0.1) is 0 Å². The van der Waals surface area contributed by atoms with Crippen LogP contribution in [0.5, 0.6) is 0 Å². The highest BCUT2D eigenvalue weighted by atomic mass is 35.5. The fraction of sp³-hybridized carbons (Fsp3) is 0.455. The molecule has 0 saturated carbocycles. The van der Waals surface area contributed by atoms with Crippen molar-refractivity contribution in [1.29, 1.82) is 0 Å². The van der Waals surface area contributed by atoms with E-state index in [9.17, 15) is 9.59 Å². The lowest BCUT2D eigenvalue weighted by molar-refractivity contribution is 0.0982. The van der Waals surface area contributed by atoms with E-state index < -0.39 is 0 Å². The fourth-order valence-electron chi connectivity index (χ4n) is 6.31. The fourth-order valence-corrected chi connectivity index (χ4v) is 6.52. The monoisotopic (exact) mass is 631 g/mol. The number of nitrogens with one attached hydrogen (secondary N) is 2. The van der Waals surface area contributed by atoms with Crippen molar-refractivity contribution in [3.8, 4) is 0 Å². The Hall–Kier alpha value is -3.93. The SMILES string of the molecule is CC(=O)c1ccc(NC(=O)N2CCN(c3nc(Nc4ccc(N5CCC(N6CCN(C)CC6)CC5)cc4)ncc3Cl)CC2)cc1. The number of nitrogens with zero attached hydrogens (tertiary/aromatic N) is 7. The van der Waals surface area contributed by atoms with E-state index in [1.54, 1.807) is 35.4 Å². The molecule has 2 amide bonds. The third kappa shape index (κ3) is 7.66. The van der Waals surface area contributed by atoms with Crippen LogP contribution < -0.4 is 20.4 Å². The third-order valence-electron chi connectivity index (χ3n) is 9.14. The molecule has 0 unspecified atom stereocenters. The quantitative estimate of drug-likeness (QED) is 0.361. The van der Waals surface area contributed by atoms with Gasteiger partial charge in [-0.2, -0.15) is 4.98 Å². The molecule has 3 fully saturated rings. The van der Waals surface area contributed by atoms with E-state index in [0.717, 1.165) is 18.8 Å². The van der Waals surface area contributed by atoms with Gasteiger partial charge in [-0.05, 0) is 75.3 Å². The Morgan fingerprint density at radius 1 is 0.800 bits per heavy atom. The predicted octanol–water partition coefficient (Wildman–Crippen LogP) is 4.65. The van der Waals surface area contributed by atoms with Gasteiger partial charge in [0.25, 0.3) is 0 Å². The maximum absolute atomic E-state index is 12.8. The normalized spacial score (nSPS) is 18.6. The number of hydrogen-bond donors (Lipinski definition) is 2. The number of urea groups is 1. The highest BCUT2D eigenvalue weighted by Crippen LogP contribution is 2.28. The van der Waals surface area contributed by atoms with Gasteiger partial charge in [0.2, 0.25) is 5.95 Å². The molecular formula is C33H42ClN9O2. The number of hydrogen-bond acceptors (Lipinski definition) is 9. The summed E-state index contributed by atoms with van der Waals surface area (Å²) in [6, 6.07) is 15.9. The maximum atomic E-state index is 12.8. The van der Waals surface area contributed by atoms with Gasteiger partial charge in [-0.3, -0.25) is 9.69 Å². The minimum Gasteiger partial charge on any atom is -0.371 e. The van der Waals surface area contributed by atoms with Crippen molar-refractivity contribution < 1.29 is 9.59 Å². The van der Waals surface area contributed by atoms with Crippen molar-refractivity contribution in [3.05, 3.63) is 65.3 Å². The van der Waals surface area contributed by atoms with E-state index >= 15 is 0 Å². The third-order valence-corrected chi connectivity index (χ3v) is 9.41. The molecule has 2 aromatic carbocycles. The van der Waals surface area contributed by atoms with Crippen molar-refractivity contribution in [2.75, 3.05) is 92.9 Å². The summed E-state index contributed by atoms with van der Waals surface area (Å²) >= 11 is 6.52. The summed E-state index contributed by atoms with van der Waals surface area (Å²) in [6.07, 6.45) is 4.04. The number of carbonyl (C=O) groups excluding carboxylic acids is 2. The van der Waals surface area contributed by atoms with E-state index in [4.69, 9.17) is 16.6 Å². The standard InChI is InChI=1S/C33H42ClN9O2/c1-24(44)25-3-5-27(6-4-25)37-33(45)43-21-19-42(20-22-43)31-30(34)23-35-32(38-31)36-26-7-9-28(10-8-26)40-13-11-29(12-14-40)41-17-15-39(2)16-18-41/h3-10,23,29H,11-22H2,1-2H3,(H,37,45)(H,35,36,38). The molecule has 3 aliphatic heterocycles. The zero-order valence-corrected chi connectivity index (χ0v) is 26.8. The molecule has 1 aromatic heterocycles.